The average Bonchev–Trinajstić information content (AvgIpc) is 3.22. The van der Waals surface area contributed by atoms with E-state index >= 15 is 0 Å². The molecule has 0 unspecified atom stereocenters. The summed E-state index contributed by atoms with van der Waals surface area (Å²) in [7, 11) is 1.80. The van der Waals surface area contributed by atoms with Crippen LogP contribution in [-0.4, -0.2) is 39.1 Å². The quantitative estimate of drug-likeness (QED) is 0.369. The van der Waals surface area contributed by atoms with Gasteiger partial charge in [0.25, 0.3) is 0 Å². The minimum Gasteiger partial charge on any atom is -0.355 e. The van der Waals surface area contributed by atoms with Crippen molar-refractivity contribution in [1.29, 1.82) is 0 Å². The summed E-state index contributed by atoms with van der Waals surface area (Å²) in [6.45, 7) is 4.48. The van der Waals surface area contributed by atoms with Crippen LogP contribution in [0.5, 0.6) is 0 Å². The highest BCUT2D eigenvalue weighted by atomic mass is 127. The van der Waals surface area contributed by atoms with E-state index in [4.69, 9.17) is 0 Å². The van der Waals surface area contributed by atoms with Gasteiger partial charge in [0, 0.05) is 29.8 Å². The molecular formula is C17H25IN6S. The zero-order chi connectivity index (χ0) is 16.8. The smallest absolute Gasteiger partial charge is 0.191 e. The summed E-state index contributed by atoms with van der Waals surface area (Å²) in [5, 5.41) is 14.9. The lowest BCUT2D eigenvalue weighted by molar-refractivity contribution is 0.668. The molecule has 0 aliphatic heterocycles. The first kappa shape index (κ1) is 20.0. The lowest BCUT2D eigenvalue weighted by atomic mass is 10.4. The molecule has 1 heterocycles. The first-order valence-corrected chi connectivity index (χ1v) is 9.11. The normalized spacial score (nSPS) is 15.4. The topological polar surface area (TPSA) is 67.1 Å². The van der Waals surface area contributed by atoms with Gasteiger partial charge >= 0.3 is 0 Å². The van der Waals surface area contributed by atoms with Crippen molar-refractivity contribution in [3.8, 4) is 0 Å². The van der Waals surface area contributed by atoms with Crippen LogP contribution in [0.25, 0.3) is 0 Å². The van der Waals surface area contributed by atoms with Crippen LogP contribution in [0.2, 0.25) is 0 Å². The molecule has 0 radical (unpaired) electrons. The molecule has 3 rings (SSSR count). The van der Waals surface area contributed by atoms with Crippen LogP contribution >= 0.6 is 35.7 Å². The van der Waals surface area contributed by atoms with Gasteiger partial charge in [0.1, 0.15) is 6.33 Å². The van der Waals surface area contributed by atoms with Crippen molar-refractivity contribution in [2.24, 2.45) is 4.99 Å². The molecule has 1 aliphatic rings. The minimum atomic E-state index is 0. The highest BCUT2D eigenvalue weighted by Gasteiger charge is 2.43. The van der Waals surface area contributed by atoms with Crippen LogP contribution in [0.3, 0.4) is 0 Å². The lowest BCUT2D eigenvalue weighted by Crippen LogP contribution is -2.41. The number of aliphatic imine (C=N–C) groups is 1. The Kier molecular flexibility index (Phi) is 7.55. The number of hydrogen-bond acceptors (Lipinski definition) is 4. The van der Waals surface area contributed by atoms with E-state index in [1.165, 1.54) is 17.7 Å². The summed E-state index contributed by atoms with van der Waals surface area (Å²) in [6, 6.07) is 10.6. The Morgan fingerprint density at radius 2 is 2.04 bits per heavy atom. The van der Waals surface area contributed by atoms with E-state index in [1.807, 2.05) is 16.3 Å². The van der Waals surface area contributed by atoms with Crippen LogP contribution in [0.4, 0.5) is 0 Å². The molecule has 0 atom stereocenters. The van der Waals surface area contributed by atoms with Gasteiger partial charge in [-0.25, -0.2) is 0 Å². The molecule has 0 spiro atoms. The van der Waals surface area contributed by atoms with E-state index in [0.29, 0.717) is 11.3 Å². The van der Waals surface area contributed by atoms with E-state index in [2.05, 4.69) is 63.1 Å². The standard InChI is InChI=1S/C17H24N6S.HI/c1-3-23-13-21-22-15(23)11-19-16(18-2)20-12-17(9-10-17)24-14-7-5-4-6-8-14;/h4-8,13H,3,9-12H2,1-2H3,(H2,18,19,20);1H. The Balaban J connectivity index is 0.00000225. The summed E-state index contributed by atoms with van der Waals surface area (Å²) < 4.78 is 2.32. The number of nitrogens with zero attached hydrogens (tertiary/aromatic N) is 4. The number of guanidine groups is 1. The molecule has 0 bridgehead atoms. The molecule has 136 valence electrons. The first-order chi connectivity index (χ1) is 11.7. The summed E-state index contributed by atoms with van der Waals surface area (Å²) in [6.07, 6.45) is 4.23. The second-order valence-electron chi connectivity index (χ2n) is 5.91. The second kappa shape index (κ2) is 9.42. The van der Waals surface area contributed by atoms with Crippen LogP contribution in [0.1, 0.15) is 25.6 Å². The molecule has 0 amide bonds. The lowest BCUT2D eigenvalue weighted by Gasteiger charge is -2.18. The molecule has 0 saturated heterocycles. The van der Waals surface area contributed by atoms with E-state index in [-0.39, 0.29) is 24.0 Å². The zero-order valence-corrected chi connectivity index (χ0v) is 17.8. The fourth-order valence-corrected chi connectivity index (χ4v) is 3.74. The van der Waals surface area contributed by atoms with Gasteiger partial charge in [0.05, 0.1) is 6.54 Å². The molecule has 25 heavy (non-hydrogen) atoms. The SMILES string of the molecule is CCn1cnnc1CNC(=NC)NCC1(Sc2ccccc2)CC1.I. The number of aryl methyl sites for hydroxylation is 1. The van der Waals surface area contributed by atoms with Gasteiger partial charge in [-0.2, -0.15) is 0 Å². The van der Waals surface area contributed by atoms with Crippen molar-refractivity contribution in [3.05, 3.63) is 42.5 Å². The van der Waals surface area contributed by atoms with E-state index in [0.717, 1.165) is 24.9 Å². The molecule has 1 aromatic heterocycles. The van der Waals surface area contributed by atoms with E-state index in [9.17, 15) is 0 Å². The molecule has 2 aromatic rings. The van der Waals surface area contributed by atoms with E-state index < -0.39 is 0 Å². The Labute approximate surface area is 170 Å². The summed E-state index contributed by atoms with van der Waals surface area (Å²) in [4.78, 5) is 5.64. The van der Waals surface area contributed by atoms with Crippen molar-refractivity contribution >= 4 is 41.7 Å². The fourth-order valence-electron chi connectivity index (χ4n) is 2.50. The molecule has 1 saturated carbocycles. The van der Waals surface area contributed by atoms with Gasteiger partial charge < -0.3 is 15.2 Å². The molecule has 1 fully saturated rings. The Morgan fingerprint density at radius 3 is 2.68 bits per heavy atom. The number of nitrogens with one attached hydrogen (secondary N) is 2. The third-order valence-electron chi connectivity index (χ3n) is 4.14. The molecular weight excluding hydrogens is 447 g/mol. The largest absolute Gasteiger partial charge is 0.355 e. The first-order valence-electron chi connectivity index (χ1n) is 8.30. The van der Waals surface area contributed by atoms with Gasteiger partial charge in [-0.05, 0) is 31.9 Å². The molecule has 1 aliphatic carbocycles. The predicted molar refractivity (Wildman–Crippen MR) is 114 cm³/mol. The van der Waals surface area contributed by atoms with Gasteiger partial charge in [0.2, 0.25) is 0 Å². The van der Waals surface area contributed by atoms with Crippen molar-refractivity contribution in [3.63, 3.8) is 0 Å². The molecule has 8 heteroatoms. The number of aromatic nitrogens is 3. The van der Waals surface area contributed by atoms with Gasteiger partial charge in [-0.15, -0.1) is 45.9 Å². The third kappa shape index (κ3) is 5.60. The van der Waals surface area contributed by atoms with Crippen molar-refractivity contribution in [2.45, 2.75) is 42.5 Å². The van der Waals surface area contributed by atoms with Gasteiger partial charge in [0.15, 0.2) is 11.8 Å². The van der Waals surface area contributed by atoms with Crippen LogP contribution < -0.4 is 10.6 Å². The predicted octanol–water partition coefficient (Wildman–Crippen LogP) is 2.91. The van der Waals surface area contributed by atoms with Crippen LogP contribution in [-0.2, 0) is 13.1 Å². The fraction of sp³-hybridized carbons (Fsp3) is 0.471. The maximum Gasteiger partial charge on any atom is 0.191 e. The monoisotopic (exact) mass is 472 g/mol. The van der Waals surface area contributed by atoms with Crippen molar-refractivity contribution < 1.29 is 0 Å². The third-order valence-corrected chi connectivity index (χ3v) is 5.63. The Hall–Kier alpha value is -1.29. The highest BCUT2D eigenvalue weighted by molar-refractivity contribution is 14.0. The Bertz CT molecular complexity index is 683. The molecule has 1 aromatic carbocycles. The van der Waals surface area contributed by atoms with Crippen molar-refractivity contribution in [2.75, 3.05) is 13.6 Å². The molecule has 2 N–H and O–H groups in total. The van der Waals surface area contributed by atoms with Crippen LogP contribution in [0, 0.1) is 0 Å². The highest BCUT2D eigenvalue weighted by Crippen LogP contribution is 2.51. The van der Waals surface area contributed by atoms with Gasteiger partial charge in [-0.1, -0.05) is 18.2 Å². The minimum absolute atomic E-state index is 0. The number of benzene rings is 1. The number of halogens is 1. The molecule has 6 nitrogen and oxygen atoms in total. The zero-order valence-electron chi connectivity index (χ0n) is 14.6. The number of hydrogen-bond donors (Lipinski definition) is 2. The maximum absolute atomic E-state index is 4.31. The summed E-state index contributed by atoms with van der Waals surface area (Å²) >= 11 is 1.96. The van der Waals surface area contributed by atoms with Crippen molar-refractivity contribution in [1.82, 2.24) is 25.4 Å². The van der Waals surface area contributed by atoms with E-state index in [1.54, 1.807) is 13.4 Å². The Morgan fingerprint density at radius 1 is 1.28 bits per heavy atom. The second-order valence-corrected chi connectivity index (χ2v) is 7.45. The van der Waals surface area contributed by atoms with Gasteiger partial charge in [-0.3, -0.25) is 4.99 Å². The number of thioether (sulfide) groups is 1. The number of rotatable bonds is 7. The average molecular weight is 472 g/mol. The summed E-state index contributed by atoms with van der Waals surface area (Å²) in [5.74, 6) is 1.72. The summed E-state index contributed by atoms with van der Waals surface area (Å²) in [5.41, 5.74) is 0. The van der Waals surface area contributed by atoms with Crippen LogP contribution in [0.15, 0.2) is 46.5 Å². The maximum atomic E-state index is 4.31.